The molecule has 1 aliphatic heterocycles. The molecule has 6 amide bonds. The average molecular weight is 488 g/mol. The van der Waals surface area contributed by atoms with Crippen LogP contribution in [0.25, 0.3) is 0 Å². The molecule has 3 atom stereocenters. The molecule has 0 bridgehead atoms. The molecule has 0 aromatic heterocycles. The number of rotatable bonds is 10. The van der Waals surface area contributed by atoms with E-state index in [1.807, 2.05) is 37.3 Å². The first kappa shape index (κ1) is 26.8. The Morgan fingerprint density at radius 1 is 1.14 bits per heavy atom. The summed E-state index contributed by atoms with van der Waals surface area (Å²) in [5.74, 6) is -0.663. The normalized spacial score (nSPS) is 23.0. The maximum Gasteiger partial charge on any atom is 0.432 e. The van der Waals surface area contributed by atoms with Crippen LogP contribution in [0.4, 0.5) is 9.59 Å². The minimum atomic E-state index is -0.673. The van der Waals surface area contributed by atoms with Gasteiger partial charge in [-0.25, -0.2) is 24.8 Å². The monoisotopic (exact) mass is 487 g/mol. The van der Waals surface area contributed by atoms with Crippen LogP contribution >= 0.6 is 0 Å². The van der Waals surface area contributed by atoms with Gasteiger partial charge >= 0.3 is 18.0 Å². The highest BCUT2D eigenvalue weighted by Gasteiger charge is 2.55. The molecule has 1 saturated carbocycles. The molecule has 0 spiro atoms. The molecular weight excluding hydrogens is 448 g/mol. The number of quaternary nitrogens is 1. The van der Waals surface area contributed by atoms with Gasteiger partial charge in [-0.15, -0.1) is 0 Å². The van der Waals surface area contributed by atoms with Crippen LogP contribution in [0.5, 0.6) is 0 Å². The van der Waals surface area contributed by atoms with Gasteiger partial charge in [0.1, 0.15) is 6.04 Å². The maximum absolute atomic E-state index is 13.9. The van der Waals surface area contributed by atoms with Gasteiger partial charge < -0.3 is 5.32 Å². The summed E-state index contributed by atoms with van der Waals surface area (Å²) in [6.45, 7) is 2.41. The van der Waals surface area contributed by atoms with Crippen LogP contribution in [-0.2, 0) is 16.0 Å². The Balaban J connectivity index is 1.64. The van der Waals surface area contributed by atoms with E-state index in [1.54, 1.807) is 0 Å². The molecule has 9 nitrogen and oxygen atoms in total. The van der Waals surface area contributed by atoms with Crippen LogP contribution < -0.4 is 10.6 Å². The summed E-state index contributed by atoms with van der Waals surface area (Å²) >= 11 is 0. The number of aryl methyl sites for hydroxylation is 1. The molecule has 35 heavy (non-hydrogen) atoms. The number of urea groups is 2. The topological polar surface area (TPSA) is 116 Å². The molecule has 3 rings (SSSR count). The third kappa shape index (κ3) is 6.89. The first-order chi connectivity index (χ1) is 16.9. The summed E-state index contributed by atoms with van der Waals surface area (Å²) in [6.07, 6.45) is 7.92. The van der Waals surface area contributed by atoms with Gasteiger partial charge in [0.15, 0.2) is 0 Å². The molecular formula is C26H39N4O5+. The van der Waals surface area contributed by atoms with Gasteiger partial charge in [0.2, 0.25) is 6.41 Å². The quantitative estimate of drug-likeness (QED) is 0.153. The van der Waals surface area contributed by atoms with Crippen LogP contribution in [0.1, 0.15) is 63.9 Å². The zero-order valence-corrected chi connectivity index (χ0v) is 20.7. The number of nitrogens with zero attached hydrogens (tertiary/aromatic N) is 2. The smallest absolute Gasteiger partial charge is 0.338 e. The van der Waals surface area contributed by atoms with Crippen molar-refractivity contribution < 1.29 is 28.9 Å². The van der Waals surface area contributed by atoms with Crippen molar-refractivity contribution in [3.63, 3.8) is 0 Å². The maximum atomic E-state index is 13.9. The zero-order chi connectivity index (χ0) is 25.3. The summed E-state index contributed by atoms with van der Waals surface area (Å²) in [6, 6.07) is 8.41. The summed E-state index contributed by atoms with van der Waals surface area (Å²) in [5.41, 5.74) is 1.17. The van der Waals surface area contributed by atoms with Crippen LogP contribution in [-0.4, -0.2) is 64.8 Å². The van der Waals surface area contributed by atoms with E-state index in [2.05, 4.69) is 10.6 Å². The molecule has 1 heterocycles. The Hall–Kier alpha value is -2.78. The zero-order valence-electron chi connectivity index (χ0n) is 20.7. The minimum Gasteiger partial charge on any atom is -0.338 e. The third-order valence-electron chi connectivity index (χ3n) is 7.60. The number of imide groups is 2. The number of amides is 6. The van der Waals surface area contributed by atoms with Crippen LogP contribution in [0, 0.1) is 11.8 Å². The number of hydroxylamine groups is 2. The van der Waals surface area contributed by atoms with Gasteiger partial charge in [-0.3, -0.25) is 10.0 Å². The van der Waals surface area contributed by atoms with Crippen molar-refractivity contribution in [3.8, 4) is 0 Å². The molecule has 1 aromatic carbocycles. The van der Waals surface area contributed by atoms with Crippen molar-refractivity contribution >= 4 is 24.4 Å². The molecule has 1 aliphatic carbocycles. The molecule has 1 unspecified atom stereocenters. The van der Waals surface area contributed by atoms with Crippen LogP contribution in [0.15, 0.2) is 30.3 Å². The van der Waals surface area contributed by atoms with Gasteiger partial charge in [0.25, 0.3) is 0 Å². The Labute approximate surface area is 207 Å². The molecule has 3 N–H and O–H groups in total. The molecule has 192 valence electrons. The number of hydrogen-bond donors (Lipinski definition) is 3. The van der Waals surface area contributed by atoms with Crippen molar-refractivity contribution in [2.75, 3.05) is 19.6 Å². The van der Waals surface area contributed by atoms with E-state index in [0.29, 0.717) is 43.3 Å². The highest BCUT2D eigenvalue weighted by molar-refractivity contribution is 5.95. The van der Waals surface area contributed by atoms with Gasteiger partial charge in [-0.2, -0.15) is 4.48 Å². The fourth-order valence-electron chi connectivity index (χ4n) is 5.68. The van der Waals surface area contributed by atoms with Gasteiger partial charge in [-0.1, -0.05) is 56.0 Å². The number of nitrogens with one attached hydrogen (secondary N) is 2. The van der Waals surface area contributed by atoms with E-state index in [0.717, 1.165) is 38.5 Å². The van der Waals surface area contributed by atoms with Crippen LogP contribution in [0.2, 0.25) is 0 Å². The third-order valence-corrected chi connectivity index (χ3v) is 7.60. The molecule has 2 aliphatic rings. The predicted molar refractivity (Wildman–Crippen MR) is 130 cm³/mol. The summed E-state index contributed by atoms with van der Waals surface area (Å²) in [5, 5.41) is 15.5. The van der Waals surface area contributed by atoms with Gasteiger partial charge in [-0.05, 0) is 37.7 Å². The number of benzene rings is 1. The van der Waals surface area contributed by atoms with Crippen molar-refractivity contribution in [1.29, 1.82) is 0 Å². The minimum absolute atomic E-state index is 0.148. The van der Waals surface area contributed by atoms with Gasteiger partial charge in [0.05, 0.1) is 19.0 Å². The van der Waals surface area contributed by atoms with E-state index < -0.39 is 22.5 Å². The second-order valence-corrected chi connectivity index (χ2v) is 10.0. The molecule has 1 saturated heterocycles. The average Bonchev–Trinajstić information content (AvgIpc) is 3.51. The summed E-state index contributed by atoms with van der Waals surface area (Å²) in [7, 11) is 0. The summed E-state index contributed by atoms with van der Waals surface area (Å²) in [4.78, 5) is 50.9. The van der Waals surface area contributed by atoms with Gasteiger partial charge in [0, 0.05) is 19.4 Å². The molecule has 1 aromatic rings. The number of likely N-dealkylation sites (tertiary alicyclic amines) is 1. The highest BCUT2D eigenvalue weighted by atomic mass is 16.5. The van der Waals surface area contributed by atoms with E-state index in [4.69, 9.17) is 0 Å². The van der Waals surface area contributed by atoms with Crippen molar-refractivity contribution in [3.05, 3.63) is 35.9 Å². The standard InChI is InChI=1S/C26H38N4O5/c1-20-9-8-16-30(20,24(32)23(18-29(35)19-31)17-22-12-5-6-13-22)26(34)28-25(33)27-15-7-14-21-10-3-2-4-11-21/h2-4,10-11,19-20,22-23,35H,5-9,12-18H2,1H3,(H-,27,28,33,34)/p+1/t20-,23-,30?/m1/s1. The fourth-order valence-corrected chi connectivity index (χ4v) is 5.68. The SMILES string of the molecule is C[C@@H]1CCC[N+]1(C(=O)NC(=O)NCCCc1ccccc1)C(=O)[C@H](CC1CCCC1)CN(O)C=O. The molecule has 2 fully saturated rings. The lowest BCUT2D eigenvalue weighted by Crippen LogP contribution is -2.66. The second kappa shape index (κ2) is 12.8. The van der Waals surface area contributed by atoms with E-state index in [9.17, 15) is 24.4 Å². The summed E-state index contributed by atoms with van der Waals surface area (Å²) < 4.78 is -0.471. The van der Waals surface area contributed by atoms with E-state index in [1.165, 1.54) is 5.56 Å². The van der Waals surface area contributed by atoms with Crippen molar-refractivity contribution in [2.24, 2.45) is 11.8 Å². The molecule has 0 radical (unpaired) electrons. The number of hydrogen-bond acceptors (Lipinski definition) is 5. The van der Waals surface area contributed by atoms with Crippen molar-refractivity contribution in [2.45, 2.75) is 70.8 Å². The number of carbonyl (C=O) groups is 4. The first-order valence-electron chi connectivity index (χ1n) is 12.8. The van der Waals surface area contributed by atoms with Crippen LogP contribution in [0.3, 0.4) is 0 Å². The second-order valence-electron chi connectivity index (χ2n) is 10.0. The Morgan fingerprint density at radius 2 is 1.86 bits per heavy atom. The Kier molecular flexibility index (Phi) is 9.80. The Bertz CT molecular complexity index is 874. The van der Waals surface area contributed by atoms with E-state index >= 15 is 0 Å². The lowest BCUT2D eigenvalue weighted by molar-refractivity contribution is -0.786. The molecule has 9 heteroatoms. The first-order valence-corrected chi connectivity index (χ1v) is 12.8. The predicted octanol–water partition coefficient (Wildman–Crippen LogP) is 3.61. The largest absolute Gasteiger partial charge is 0.432 e. The van der Waals surface area contributed by atoms with Crippen molar-refractivity contribution in [1.82, 2.24) is 15.7 Å². The lowest BCUT2D eigenvalue weighted by atomic mass is 9.91. The highest BCUT2D eigenvalue weighted by Crippen LogP contribution is 2.35. The van der Waals surface area contributed by atoms with E-state index in [-0.39, 0.29) is 24.9 Å². The lowest BCUT2D eigenvalue weighted by Gasteiger charge is -2.36. The number of carbonyl (C=O) groups excluding carboxylic acids is 4. The Morgan fingerprint density at radius 3 is 2.49 bits per heavy atom. The fraction of sp³-hybridized carbons (Fsp3) is 0.615.